The zero-order valence-corrected chi connectivity index (χ0v) is 13.5. The molecule has 0 bridgehead atoms. The van der Waals surface area contributed by atoms with Gasteiger partial charge in [-0.2, -0.15) is 0 Å². The van der Waals surface area contributed by atoms with Gasteiger partial charge in [-0.25, -0.2) is 4.98 Å². The minimum absolute atomic E-state index is 0.0192. The van der Waals surface area contributed by atoms with Gasteiger partial charge >= 0.3 is 0 Å². The smallest absolute Gasteiger partial charge is 0.224 e. The van der Waals surface area contributed by atoms with Crippen molar-refractivity contribution < 1.29 is 4.79 Å². The molecule has 1 aromatic heterocycles. The lowest BCUT2D eigenvalue weighted by molar-refractivity contribution is -0.116. The second-order valence-electron chi connectivity index (χ2n) is 4.96. The number of aromatic nitrogens is 1. The van der Waals surface area contributed by atoms with E-state index in [0.29, 0.717) is 17.1 Å². The molecule has 0 aliphatic carbocycles. The number of aryl methyl sites for hydroxylation is 1. The molecule has 3 aromatic rings. The highest BCUT2D eigenvalue weighted by Gasteiger charge is 2.07. The molecule has 22 heavy (non-hydrogen) atoms. The van der Waals surface area contributed by atoms with E-state index in [2.05, 4.69) is 16.4 Å². The molecule has 5 heteroatoms. The summed E-state index contributed by atoms with van der Waals surface area (Å²) in [6, 6.07) is 15.3. The van der Waals surface area contributed by atoms with E-state index in [9.17, 15) is 4.79 Å². The van der Waals surface area contributed by atoms with Crippen molar-refractivity contribution in [1.82, 2.24) is 4.98 Å². The average Bonchev–Trinajstić information content (AvgIpc) is 2.92. The number of halogens is 1. The Morgan fingerprint density at radius 1 is 1.14 bits per heavy atom. The number of thiazole rings is 1. The molecule has 112 valence electrons. The standard InChI is InChI=1S/C17H15ClN2OS/c18-12-6-1-2-7-13(12)19-16(21)10-5-11-17-20-14-8-3-4-9-15(14)22-17/h1-4,6-9H,5,10-11H2,(H,19,21). The second-order valence-corrected chi connectivity index (χ2v) is 6.48. The Hall–Kier alpha value is -1.91. The van der Waals surface area contributed by atoms with E-state index in [0.717, 1.165) is 23.4 Å². The number of hydrogen-bond acceptors (Lipinski definition) is 3. The largest absolute Gasteiger partial charge is 0.325 e. The first-order valence-electron chi connectivity index (χ1n) is 7.11. The Bertz CT molecular complexity index is 767. The van der Waals surface area contributed by atoms with Crippen molar-refractivity contribution in [2.45, 2.75) is 19.3 Å². The van der Waals surface area contributed by atoms with Crippen molar-refractivity contribution in [2.75, 3.05) is 5.32 Å². The molecule has 1 amide bonds. The predicted octanol–water partition coefficient (Wildman–Crippen LogP) is 4.91. The molecule has 1 heterocycles. The number of rotatable bonds is 5. The lowest BCUT2D eigenvalue weighted by Gasteiger charge is -2.06. The van der Waals surface area contributed by atoms with E-state index in [-0.39, 0.29) is 5.91 Å². The number of amides is 1. The quantitative estimate of drug-likeness (QED) is 0.722. The summed E-state index contributed by atoms with van der Waals surface area (Å²) in [5.41, 5.74) is 1.69. The molecule has 0 saturated heterocycles. The van der Waals surface area contributed by atoms with Gasteiger partial charge in [0, 0.05) is 6.42 Å². The summed E-state index contributed by atoms with van der Waals surface area (Å²) < 4.78 is 1.19. The van der Waals surface area contributed by atoms with Gasteiger partial charge in [-0.3, -0.25) is 4.79 Å². The van der Waals surface area contributed by atoms with E-state index in [1.807, 2.05) is 30.3 Å². The molecule has 0 fully saturated rings. The topological polar surface area (TPSA) is 42.0 Å². The molecule has 2 aromatic carbocycles. The highest BCUT2D eigenvalue weighted by molar-refractivity contribution is 7.18. The number of nitrogens with zero attached hydrogens (tertiary/aromatic N) is 1. The molecule has 0 unspecified atom stereocenters. The summed E-state index contributed by atoms with van der Waals surface area (Å²) in [5, 5.41) is 4.47. The lowest BCUT2D eigenvalue weighted by atomic mass is 10.2. The molecule has 3 nitrogen and oxygen atoms in total. The number of benzene rings is 2. The molecular formula is C17H15ClN2OS. The van der Waals surface area contributed by atoms with Crippen LogP contribution < -0.4 is 5.32 Å². The number of para-hydroxylation sites is 2. The maximum Gasteiger partial charge on any atom is 0.224 e. The van der Waals surface area contributed by atoms with E-state index >= 15 is 0 Å². The normalized spacial score (nSPS) is 10.8. The molecule has 0 radical (unpaired) electrons. The van der Waals surface area contributed by atoms with Crippen LogP contribution >= 0.6 is 22.9 Å². The van der Waals surface area contributed by atoms with Gasteiger partial charge in [0.2, 0.25) is 5.91 Å². The van der Waals surface area contributed by atoms with Crippen molar-refractivity contribution in [2.24, 2.45) is 0 Å². The van der Waals surface area contributed by atoms with Gasteiger partial charge in [-0.05, 0) is 37.1 Å². The Balaban J connectivity index is 1.52. The Morgan fingerprint density at radius 3 is 2.73 bits per heavy atom. The van der Waals surface area contributed by atoms with Gasteiger partial charge in [0.15, 0.2) is 0 Å². The highest BCUT2D eigenvalue weighted by Crippen LogP contribution is 2.23. The van der Waals surface area contributed by atoms with Crippen molar-refractivity contribution in [3.8, 4) is 0 Å². The molecule has 0 aliphatic heterocycles. The van der Waals surface area contributed by atoms with Crippen LogP contribution in [0.5, 0.6) is 0 Å². The van der Waals surface area contributed by atoms with E-state index in [4.69, 9.17) is 11.6 Å². The van der Waals surface area contributed by atoms with Crippen LogP contribution in [0.25, 0.3) is 10.2 Å². The van der Waals surface area contributed by atoms with E-state index in [1.54, 1.807) is 23.5 Å². The fraction of sp³-hybridized carbons (Fsp3) is 0.176. The van der Waals surface area contributed by atoms with Gasteiger partial charge in [-0.1, -0.05) is 35.9 Å². The van der Waals surface area contributed by atoms with Crippen LogP contribution in [0.3, 0.4) is 0 Å². The molecule has 0 aliphatic rings. The fourth-order valence-electron chi connectivity index (χ4n) is 2.20. The molecule has 3 rings (SSSR count). The van der Waals surface area contributed by atoms with Crippen LogP contribution in [0, 0.1) is 0 Å². The first-order valence-corrected chi connectivity index (χ1v) is 8.30. The van der Waals surface area contributed by atoms with Crippen molar-refractivity contribution in [3.05, 3.63) is 58.6 Å². The zero-order valence-electron chi connectivity index (χ0n) is 11.9. The van der Waals surface area contributed by atoms with Gasteiger partial charge in [0.25, 0.3) is 0 Å². The minimum Gasteiger partial charge on any atom is -0.325 e. The number of hydrogen-bond donors (Lipinski definition) is 1. The first kappa shape index (κ1) is 15.0. The molecule has 0 atom stereocenters. The van der Waals surface area contributed by atoms with Crippen molar-refractivity contribution in [3.63, 3.8) is 0 Å². The van der Waals surface area contributed by atoms with Crippen molar-refractivity contribution >= 4 is 44.7 Å². The summed E-state index contributed by atoms with van der Waals surface area (Å²) in [7, 11) is 0. The minimum atomic E-state index is -0.0192. The number of fused-ring (bicyclic) bond motifs is 1. The molecule has 0 saturated carbocycles. The SMILES string of the molecule is O=C(CCCc1nc2ccccc2s1)Nc1ccccc1Cl. The predicted molar refractivity (Wildman–Crippen MR) is 92.6 cm³/mol. The third-order valence-electron chi connectivity index (χ3n) is 3.28. The molecule has 0 spiro atoms. The van der Waals surface area contributed by atoms with Crippen LogP contribution in [0.4, 0.5) is 5.69 Å². The Kier molecular flexibility index (Phi) is 4.71. The number of nitrogens with one attached hydrogen (secondary N) is 1. The third kappa shape index (κ3) is 3.64. The van der Waals surface area contributed by atoms with Crippen molar-refractivity contribution in [1.29, 1.82) is 0 Å². The molecule has 1 N–H and O–H groups in total. The summed E-state index contributed by atoms with van der Waals surface area (Å²) in [6.45, 7) is 0. The van der Waals surface area contributed by atoms with Crippen LogP contribution in [0.2, 0.25) is 5.02 Å². The monoisotopic (exact) mass is 330 g/mol. The Morgan fingerprint density at radius 2 is 1.91 bits per heavy atom. The van der Waals surface area contributed by atoms with Crippen LogP contribution in [0.1, 0.15) is 17.8 Å². The maximum atomic E-state index is 11.9. The van der Waals surface area contributed by atoms with E-state index in [1.165, 1.54) is 4.70 Å². The van der Waals surface area contributed by atoms with Gasteiger partial charge in [0.1, 0.15) is 0 Å². The van der Waals surface area contributed by atoms with Gasteiger partial charge in [0.05, 0.1) is 25.9 Å². The average molecular weight is 331 g/mol. The van der Waals surface area contributed by atoms with Crippen LogP contribution in [-0.4, -0.2) is 10.9 Å². The first-order chi connectivity index (χ1) is 10.7. The van der Waals surface area contributed by atoms with Gasteiger partial charge < -0.3 is 5.32 Å². The zero-order chi connectivity index (χ0) is 15.4. The second kappa shape index (κ2) is 6.90. The fourth-order valence-corrected chi connectivity index (χ4v) is 3.39. The summed E-state index contributed by atoms with van der Waals surface area (Å²) in [4.78, 5) is 16.5. The third-order valence-corrected chi connectivity index (χ3v) is 4.71. The van der Waals surface area contributed by atoms with Crippen LogP contribution in [0.15, 0.2) is 48.5 Å². The Labute approximate surface area is 138 Å². The number of carbonyl (C=O) groups excluding carboxylic acids is 1. The molecular weight excluding hydrogens is 316 g/mol. The number of anilines is 1. The number of carbonyl (C=O) groups is 1. The maximum absolute atomic E-state index is 11.9. The summed E-state index contributed by atoms with van der Waals surface area (Å²) in [5.74, 6) is -0.0192. The summed E-state index contributed by atoms with van der Waals surface area (Å²) >= 11 is 7.71. The highest BCUT2D eigenvalue weighted by atomic mass is 35.5. The van der Waals surface area contributed by atoms with E-state index < -0.39 is 0 Å². The van der Waals surface area contributed by atoms with Crippen LogP contribution in [-0.2, 0) is 11.2 Å². The van der Waals surface area contributed by atoms with Gasteiger partial charge in [-0.15, -0.1) is 11.3 Å². The summed E-state index contributed by atoms with van der Waals surface area (Å²) in [6.07, 6.45) is 2.05. The lowest BCUT2D eigenvalue weighted by Crippen LogP contribution is -2.11.